The van der Waals surface area contributed by atoms with E-state index in [1.54, 1.807) is 6.20 Å². The molecule has 0 bridgehead atoms. The standard InChI is InChI=1S/C17H14N4/c1-2-21(17-12-19-14(10-18)11-20-17)16-9-5-7-13-6-3-4-8-15(13)16/h3-9,11-12H,2H2,1H3. The molecule has 0 saturated heterocycles. The Morgan fingerprint density at radius 3 is 2.57 bits per heavy atom. The highest BCUT2D eigenvalue weighted by Crippen LogP contribution is 2.30. The van der Waals surface area contributed by atoms with E-state index in [0.29, 0.717) is 5.69 Å². The van der Waals surface area contributed by atoms with Gasteiger partial charge in [0.1, 0.15) is 6.07 Å². The lowest BCUT2D eigenvalue weighted by atomic mass is 10.1. The van der Waals surface area contributed by atoms with E-state index in [1.165, 1.54) is 17.0 Å². The number of anilines is 2. The second kappa shape index (κ2) is 5.59. The van der Waals surface area contributed by atoms with Crippen molar-refractivity contribution < 1.29 is 0 Å². The highest BCUT2D eigenvalue weighted by molar-refractivity contribution is 5.95. The van der Waals surface area contributed by atoms with Crippen LogP contribution >= 0.6 is 0 Å². The third kappa shape index (κ3) is 2.41. The largest absolute Gasteiger partial charge is 0.325 e. The summed E-state index contributed by atoms with van der Waals surface area (Å²) in [5.41, 5.74) is 1.42. The predicted octanol–water partition coefficient (Wildman–Crippen LogP) is 3.66. The van der Waals surface area contributed by atoms with Crippen LogP contribution in [0.4, 0.5) is 11.5 Å². The summed E-state index contributed by atoms with van der Waals surface area (Å²) >= 11 is 0. The number of rotatable bonds is 3. The van der Waals surface area contributed by atoms with Crippen LogP contribution in [0.1, 0.15) is 12.6 Å². The van der Waals surface area contributed by atoms with Gasteiger partial charge in [0.15, 0.2) is 11.5 Å². The van der Waals surface area contributed by atoms with Crippen LogP contribution in [0, 0.1) is 11.3 Å². The first-order valence-electron chi connectivity index (χ1n) is 6.81. The van der Waals surface area contributed by atoms with Crippen LogP contribution in [0.2, 0.25) is 0 Å². The van der Waals surface area contributed by atoms with Gasteiger partial charge in [-0.15, -0.1) is 0 Å². The molecule has 0 radical (unpaired) electrons. The molecule has 102 valence electrons. The van der Waals surface area contributed by atoms with Crippen molar-refractivity contribution in [1.29, 1.82) is 5.26 Å². The van der Waals surface area contributed by atoms with Crippen molar-refractivity contribution in [2.45, 2.75) is 6.92 Å². The van der Waals surface area contributed by atoms with Gasteiger partial charge in [0, 0.05) is 11.9 Å². The van der Waals surface area contributed by atoms with E-state index in [2.05, 4.69) is 46.1 Å². The minimum absolute atomic E-state index is 0.327. The Morgan fingerprint density at radius 2 is 1.86 bits per heavy atom. The van der Waals surface area contributed by atoms with Crippen molar-refractivity contribution in [3.05, 3.63) is 60.6 Å². The second-order valence-corrected chi connectivity index (χ2v) is 4.61. The van der Waals surface area contributed by atoms with Crippen molar-refractivity contribution in [3.63, 3.8) is 0 Å². The Kier molecular flexibility index (Phi) is 3.48. The van der Waals surface area contributed by atoms with Crippen LogP contribution < -0.4 is 4.90 Å². The Bertz CT molecular complexity index is 798. The maximum absolute atomic E-state index is 8.82. The lowest BCUT2D eigenvalue weighted by Gasteiger charge is -2.23. The van der Waals surface area contributed by atoms with Crippen LogP contribution in [0.25, 0.3) is 10.8 Å². The Labute approximate surface area is 123 Å². The van der Waals surface area contributed by atoms with E-state index in [1.807, 2.05) is 24.3 Å². The maximum atomic E-state index is 8.82. The van der Waals surface area contributed by atoms with Crippen LogP contribution in [0.5, 0.6) is 0 Å². The minimum atomic E-state index is 0.327. The van der Waals surface area contributed by atoms with E-state index >= 15 is 0 Å². The van der Waals surface area contributed by atoms with Gasteiger partial charge < -0.3 is 4.90 Å². The Balaban J connectivity index is 2.11. The van der Waals surface area contributed by atoms with E-state index in [-0.39, 0.29) is 0 Å². The molecular formula is C17H14N4. The topological polar surface area (TPSA) is 52.8 Å². The van der Waals surface area contributed by atoms with Gasteiger partial charge in [-0.25, -0.2) is 9.97 Å². The molecular weight excluding hydrogens is 260 g/mol. The third-order valence-corrected chi connectivity index (χ3v) is 3.40. The summed E-state index contributed by atoms with van der Waals surface area (Å²) in [6.07, 6.45) is 3.15. The third-order valence-electron chi connectivity index (χ3n) is 3.40. The van der Waals surface area contributed by atoms with Gasteiger partial charge in [-0.1, -0.05) is 36.4 Å². The van der Waals surface area contributed by atoms with Crippen LogP contribution in [0.3, 0.4) is 0 Å². The fourth-order valence-corrected chi connectivity index (χ4v) is 2.42. The summed E-state index contributed by atoms with van der Waals surface area (Å²) in [7, 11) is 0. The number of nitrogens with zero attached hydrogens (tertiary/aromatic N) is 4. The normalized spacial score (nSPS) is 10.3. The van der Waals surface area contributed by atoms with Gasteiger partial charge in [0.25, 0.3) is 0 Å². The molecule has 1 aromatic heterocycles. The molecule has 0 atom stereocenters. The summed E-state index contributed by atoms with van der Waals surface area (Å²) in [5, 5.41) is 11.2. The zero-order valence-electron chi connectivity index (χ0n) is 11.7. The molecule has 0 amide bonds. The fraction of sp³-hybridized carbons (Fsp3) is 0.118. The average molecular weight is 274 g/mol. The van der Waals surface area contributed by atoms with E-state index in [4.69, 9.17) is 5.26 Å². The van der Waals surface area contributed by atoms with Crippen molar-refractivity contribution in [3.8, 4) is 6.07 Å². The summed E-state index contributed by atoms with van der Waals surface area (Å²) < 4.78 is 0. The molecule has 0 aliphatic carbocycles. The molecule has 2 aromatic carbocycles. The van der Waals surface area contributed by atoms with Crippen molar-refractivity contribution in [2.24, 2.45) is 0 Å². The highest BCUT2D eigenvalue weighted by atomic mass is 15.2. The summed E-state index contributed by atoms with van der Waals surface area (Å²) in [6.45, 7) is 2.84. The summed E-state index contributed by atoms with van der Waals surface area (Å²) in [5.74, 6) is 0.743. The smallest absolute Gasteiger partial charge is 0.158 e. The maximum Gasteiger partial charge on any atom is 0.158 e. The highest BCUT2D eigenvalue weighted by Gasteiger charge is 2.12. The Morgan fingerprint density at radius 1 is 1.05 bits per heavy atom. The van der Waals surface area contributed by atoms with Crippen LogP contribution in [-0.4, -0.2) is 16.5 Å². The number of fused-ring (bicyclic) bond motifs is 1. The average Bonchev–Trinajstić information content (AvgIpc) is 2.56. The first-order valence-corrected chi connectivity index (χ1v) is 6.81. The van der Waals surface area contributed by atoms with E-state index in [9.17, 15) is 0 Å². The monoisotopic (exact) mass is 274 g/mol. The number of hydrogen-bond donors (Lipinski definition) is 0. The molecule has 0 N–H and O–H groups in total. The summed E-state index contributed by atoms with van der Waals surface area (Å²) in [6, 6.07) is 16.5. The molecule has 0 fully saturated rings. The van der Waals surface area contributed by atoms with Crippen molar-refractivity contribution in [1.82, 2.24) is 9.97 Å². The molecule has 21 heavy (non-hydrogen) atoms. The minimum Gasteiger partial charge on any atom is -0.325 e. The Hall–Kier alpha value is -2.93. The molecule has 0 spiro atoms. The van der Waals surface area contributed by atoms with Gasteiger partial charge in [0.2, 0.25) is 0 Å². The summed E-state index contributed by atoms with van der Waals surface area (Å²) in [4.78, 5) is 10.5. The van der Waals surface area contributed by atoms with E-state index < -0.39 is 0 Å². The first-order chi connectivity index (χ1) is 10.3. The zero-order valence-corrected chi connectivity index (χ0v) is 11.7. The van der Waals surface area contributed by atoms with E-state index in [0.717, 1.165) is 18.1 Å². The fourth-order valence-electron chi connectivity index (χ4n) is 2.42. The molecule has 0 unspecified atom stereocenters. The van der Waals surface area contributed by atoms with Crippen LogP contribution in [0.15, 0.2) is 54.9 Å². The molecule has 3 rings (SSSR count). The molecule has 0 saturated carbocycles. The molecule has 4 nitrogen and oxygen atoms in total. The zero-order chi connectivity index (χ0) is 14.7. The van der Waals surface area contributed by atoms with Gasteiger partial charge in [-0.05, 0) is 18.4 Å². The van der Waals surface area contributed by atoms with Gasteiger partial charge >= 0.3 is 0 Å². The molecule has 3 aromatic rings. The predicted molar refractivity (Wildman–Crippen MR) is 83.4 cm³/mol. The molecule has 0 aliphatic heterocycles. The first kappa shape index (κ1) is 13.1. The lowest BCUT2D eigenvalue weighted by molar-refractivity contribution is 0.977. The van der Waals surface area contributed by atoms with Gasteiger partial charge in [0.05, 0.1) is 18.1 Å². The SMILES string of the molecule is CCN(c1cnc(C#N)cn1)c1cccc2ccccc12. The number of aromatic nitrogens is 2. The lowest BCUT2D eigenvalue weighted by Crippen LogP contribution is -2.18. The second-order valence-electron chi connectivity index (χ2n) is 4.61. The van der Waals surface area contributed by atoms with Crippen molar-refractivity contribution in [2.75, 3.05) is 11.4 Å². The number of benzene rings is 2. The molecule has 4 heteroatoms. The molecule has 1 heterocycles. The van der Waals surface area contributed by atoms with Gasteiger partial charge in [-0.2, -0.15) is 5.26 Å². The number of hydrogen-bond acceptors (Lipinski definition) is 4. The van der Waals surface area contributed by atoms with Crippen molar-refractivity contribution >= 4 is 22.3 Å². The quantitative estimate of drug-likeness (QED) is 0.731. The molecule has 0 aliphatic rings. The van der Waals surface area contributed by atoms with Gasteiger partial charge in [-0.3, -0.25) is 0 Å². The van der Waals surface area contributed by atoms with Crippen LogP contribution in [-0.2, 0) is 0 Å². The number of nitriles is 1.